The molecule has 1 fully saturated rings. The minimum absolute atomic E-state index is 0.184. The van der Waals surface area contributed by atoms with E-state index in [2.05, 4.69) is 11.1 Å². The zero-order chi connectivity index (χ0) is 21.1. The number of hydrogen-bond donors (Lipinski definition) is 2. The minimum atomic E-state index is -0.710. The van der Waals surface area contributed by atoms with E-state index in [-0.39, 0.29) is 11.9 Å². The maximum atomic E-state index is 12.7. The second-order valence-electron chi connectivity index (χ2n) is 7.44. The van der Waals surface area contributed by atoms with E-state index in [1.165, 1.54) is 0 Å². The molecule has 2 aromatic carbocycles. The molecular weight excluding hydrogens is 380 g/mol. The summed E-state index contributed by atoms with van der Waals surface area (Å²) in [7, 11) is 0. The summed E-state index contributed by atoms with van der Waals surface area (Å²) >= 11 is 0. The monoisotopic (exact) mass is 402 g/mol. The van der Waals surface area contributed by atoms with E-state index in [9.17, 15) is 14.9 Å². The van der Waals surface area contributed by atoms with Gasteiger partial charge in [-0.2, -0.15) is 5.26 Å². The van der Waals surface area contributed by atoms with E-state index in [0.29, 0.717) is 36.4 Å². The number of rotatable bonds is 6. The summed E-state index contributed by atoms with van der Waals surface area (Å²) in [5.41, 5.74) is 8.63. The lowest BCUT2D eigenvalue weighted by Crippen LogP contribution is -2.46. The summed E-state index contributed by atoms with van der Waals surface area (Å²) in [6.45, 7) is 0.583. The molecule has 0 bridgehead atoms. The van der Waals surface area contributed by atoms with Gasteiger partial charge in [0, 0.05) is 29.2 Å². The zero-order valence-electron chi connectivity index (χ0n) is 16.4. The first-order valence-electron chi connectivity index (χ1n) is 9.88. The number of nitriles is 1. The molecular formula is C23H22N4O3. The second kappa shape index (κ2) is 8.39. The number of carbonyl (C=O) groups is 2. The molecule has 3 N–H and O–H groups in total. The van der Waals surface area contributed by atoms with Crippen molar-refractivity contribution in [2.45, 2.75) is 31.3 Å². The molecule has 2 atom stereocenters. The molecule has 0 radical (unpaired) electrons. The predicted octanol–water partition coefficient (Wildman–Crippen LogP) is 3.16. The van der Waals surface area contributed by atoms with Crippen molar-refractivity contribution in [3.63, 3.8) is 0 Å². The van der Waals surface area contributed by atoms with Gasteiger partial charge in [-0.3, -0.25) is 9.59 Å². The van der Waals surface area contributed by atoms with Crippen LogP contribution < -0.4 is 10.5 Å². The molecule has 30 heavy (non-hydrogen) atoms. The average molecular weight is 402 g/mol. The van der Waals surface area contributed by atoms with E-state index >= 15 is 0 Å². The Morgan fingerprint density at radius 2 is 2.07 bits per heavy atom. The number of H-pyrrole nitrogens is 1. The fourth-order valence-electron chi connectivity index (χ4n) is 3.84. The summed E-state index contributed by atoms with van der Waals surface area (Å²) in [6.07, 6.45) is 4.54. The molecule has 152 valence electrons. The van der Waals surface area contributed by atoms with Crippen LogP contribution in [0.15, 0.2) is 48.7 Å². The molecule has 1 aromatic heterocycles. The molecule has 1 unspecified atom stereocenters. The van der Waals surface area contributed by atoms with Crippen molar-refractivity contribution in [3.05, 3.63) is 59.8 Å². The maximum absolute atomic E-state index is 12.7. The van der Waals surface area contributed by atoms with Crippen LogP contribution in [-0.2, 0) is 11.2 Å². The second-order valence-corrected chi connectivity index (χ2v) is 7.44. The number of nitrogens with zero attached hydrogens (tertiary/aromatic N) is 2. The third-order valence-corrected chi connectivity index (χ3v) is 5.43. The van der Waals surface area contributed by atoms with Crippen LogP contribution in [0.25, 0.3) is 10.9 Å². The number of aldehydes is 1. The fraction of sp³-hybridized carbons (Fsp3) is 0.261. The molecule has 7 heteroatoms. The summed E-state index contributed by atoms with van der Waals surface area (Å²) in [5, 5.41) is 10.2. The van der Waals surface area contributed by atoms with Crippen molar-refractivity contribution >= 4 is 23.1 Å². The van der Waals surface area contributed by atoms with Gasteiger partial charge in [-0.25, -0.2) is 0 Å². The number of benzene rings is 2. The Bertz CT molecular complexity index is 1110. The van der Waals surface area contributed by atoms with Gasteiger partial charge >= 0.3 is 0 Å². The predicted molar refractivity (Wildman–Crippen MR) is 112 cm³/mol. The molecule has 0 saturated carbocycles. The summed E-state index contributed by atoms with van der Waals surface area (Å²) in [5.74, 6) is 1.09. The van der Waals surface area contributed by atoms with Gasteiger partial charge in [0.1, 0.15) is 23.8 Å². The molecule has 3 aromatic rings. The number of aromatic nitrogens is 1. The molecule has 1 aliphatic rings. The molecule has 2 heterocycles. The number of amides is 1. The summed E-state index contributed by atoms with van der Waals surface area (Å²) in [6, 6.07) is 13.6. The quantitative estimate of drug-likeness (QED) is 0.615. The lowest BCUT2D eigenvalue weighted by atomic mass is 10.0. The van der Waals surface area contributed by atoms with E-state index in [1.54, 1.807) is 29.2 Å². The van der Waals surface area contributed by atoms with Gasteiger partial charge in [-0.1, -0.05) is 0 Å². The van der Waals surface area contributed by atoms with Crippen molar-refractivity contribution in [2.24, 2.45) is 5.73 Å². The molecule has 0 spiro atoms. The van der Waals surface area contributed by atoms with Crippen LogP contribution in [-0.4, -0.2) is 40.7 Å². The van der Waals surface area contributed by atoms with E-state index in [4.69, 9.17) is 10.5 Å². The van der Waals surface area contributed by atoms with E-state index < -0.39 is 6.04 Å². The van der Waals surface area contributed by atoms with Gasteiger partial charge in [0.25, 0.3) is 0 Å². The normalized spacial score (nSPS) is 16.9. The average Bonchev–Trinajstić information content (AvgIpc) is 3.40. The highest BCUT2D eigenvalue weighted by Gasteiger charge is 2.31. The number of carbonyl (C=O) groups excluding carboxylic acids is 2. The lowest BCUT2D eigenvalue weighted by molar-refractivity contribution is -0.132. The van der Waals surface area contributed by atoms with Crippen LogP contribution in [0.5, 0.6) is 11.5 Å². The van der Waals surface area contributed by atoms with Crippen molar-refractivity contribution < 1.29 is 14.3 Å². The van der Waals surface area contributed by atoms with Gasteiger partial charge in [0.2, 0.25) is 5.91 Å². The molecule has 7 nitrogen and oxygen atoms in total. The van der Waals surface area contributed by atoms with E-state index in [0.717, 1.165) is 29.2 Å². The van der Waals surface area contributed by atoms with Gasteiger partial charge in [0.15, 0.2) is 0 Å². The SMILES string of the molecule is N#C[C@@H]1CCCN1C(=O)C(N)Cc1c[nH]c2ccc(Oc3ccc(C=O)cc3)cc12. The Labute approximate surface area is 174 Å². The van der Waals surface area contributed by atoms with Crippen LogP contribution in [0.3, 0.4) is 0 Å². The first-order valence-corrected chi connectivity index (χ1v) is 9.88. The van der Waals surface area contributed by atoms with Crippen molar-refractivity contribution in [2.75, 3.05) is 6.54 Å². The molecule has 1 aliphatic heterocycles. The third-order valence-electron chi connectivity index (χ3n) is 5.43. The molecule has 1 amide bonds. The van der Waals surface area contributed by atoms with Crippen LogP contribution in [0.2, 0.25) is 0 Å². The Balaban J connectivity index is 1.51. The smallest absolute Gasteiger partial charge is 0.240 e. The number of hydrogen-bond acceptors (Lipinski definition) is 5. The number of aromatic amines is 1. The van der Waals surface area contributed by atoms with Gasteiger partial charge < -0.3 is 20.4 Å². The topological polar surface area (TPSA) is 112 Å². The highest BCUT2D eigenvalue weighted by atomic mass is 16.5. The van der Waals surface area contributed by atoms with Crippen LogP contribution in [0.1, 0.15) is 28.8 Å². The Kier molecular flexibility index (Phi) is 5.50. The number of nitrogens with two attached hydrogens (primary N) is 1. The maximum Gasteiger partial charge on any atom is 0.240 e. The van der Waals surface area contributed by atoms with E-state index in [1.807, 2.05) is 24.4 Å². The highest BCUT2D eigenvalue weighted by molar-refractivity contribution is 5.87. The minimum Gasteiger partial charge on any atom is -0.457 e. The molecule has 0 aliphatic carbocycles. The lowest BCUT2D eigenvalue weighted by Gasteiger charge is -2.23. The zero-order valence-corrected chi connectivity index (χ0v) is 16.4. The number of likely N-dealkylation sites (tertiary alicyclic amines) is 1. The first kappa shape index (κ1) is 19.7. The van der Waals surface area contributed by atoms with Crippen LogP contribution in [0.4, 0.5) is 0 Å². The first-order chi connectivity index (χ1) is 14.6. The number of nitrogens with one attached hydrogen (secondary N) is 1. The Hall–Kier alpha value is -3.63. The largest absolute Gasteiger partial charge is 0.457 e. The standard InChI is InChI=1S/C23H22N4O3/c24-12-17-2-1-9-27(17)23(29)21(25)10-16-13-26-22-8-7-19(11-20(16)22)30-18-5-3-15(14-28)4-6-18/h3-8,11,13-14,17,21,26H,1-2,9-10,25H2/t17-,21?/m0/s1. The Morgan fingerprint density at radius 1 is 1.30 bits per heavy atom. The number of fused-ring (bicyclic) bond motifs is 1. The molecule has 1 saturated heterocycles. The summed E-state index contributed by atoms with van der Waals surface area (Å²) in [4.78, 5) is 28.3. The van der Waals surface area contributed by atoms with Crippen LogP contribution >= 0.6 is 0 Å². The number of ether oxygens (including phenoxy) is 1. The van der Waals surface area contributed by atoms with Gasteiger partial charge in [0.05, 0.1) is 12.1 Å². The Morgan fingerprint density at radius 3 is 2.80 bits per heavy atom. The third kappa shape index (κ3) is 3.91. The van der Waals surface area contributed by atoms with Gasteiger partial charge in [-0.15, -0.1) is 0 Å². The highest BCUT2D eigenvalue weighted by Crippen LogP contribution is 2.28. The van der Waals surface area contributed by atoms with Crippen LogP contribution in [0, 0.1) is 11.3 Å². The van der Waals surface area contributed by atoms with Crippen molar-refractivity contribution in [3.8, 4) is 17.6 Å². The fourth-order valence-corrected chi connectivity index (χ4v) is 3.84. The van der Waals surface area contributed by atoms with Crippen molar-refractivity contribution in [1.29, 1.82) is 5.26 Å². The summed E-state index contributed by atoms with van der Waals surface area (Å²) < 4.78 is 5.90. The van der Waals surface area contributed by atoms with Crippen molar-refractivity contribution in [1.82, 2.24) is 9.88 Å². The van der Waals surface area contributed by atoms with Gasteiger partial charge in [-0.05, 0) is 67.3 Å². The molecule has 4 rings (SSSR count).